The molecule has 1 N–H and O–H groups in total. The molecule has 0 radical (unpaired) electrons. The van der Waals surface area contributed by atoms with Gasteiger partial charge in [0, 0.05) is 5.39 Å². The van der Waals surface area contributed by atoms with Crippen LogP contribution in [0.3, 0.4) is 0 Å². The van der Waals surface area contributed by atoms with E-state index in [-0.39, 0.29) is 0 Å². The summed E-state index contributed by atoms with van der Waals surface area (Å²) in [6.45, 7) is 3.90. The number of benzene rings is 3. The summed E-state index contributed by atoms with van der Waals surface area (Å²) < 4.78 is 28.3. The molecule has 0 unspecified atom stereocenters. The lowest BCUT2D eigenvalue weighted by atomic mass is 10.0. The highest BCUT2D eigenvalue weighted by Gasteiger charge is 2.20. The van der Waals surface area contributed by atoms with Crippen LogP contribution in [0.15, 0.2) is 53.4 Å². The quantitative estimate of drug-likeness (QED) is 0.772. The topological polar surface area (TPSA) is 46.2 Å². The molecule has 0 spiro atoms. The van der Waals surface area contributed by atoms with E-state index in [4.69, 9.17) is 0 Å². The minimum atomic E-state index is -3.60. The van der Waals surface area contributed by atoms with E-state index in [9.17, 15) is 8.42 Å². The maximum Gasteiger partial charge on any atom is 0.261 e. The van der Waals surface area contributed by atoms with Crippen LogP contribution in [0.1, 0.15) is 22.3 Å². The Labute approximate surface area is 142 Å². The summed E-state index contributed by atoms with van der Waals surface area (Å²) in [7, 11) is -3.60. The minimum absolute atomic E-state index is 0.300. The molecule has 0 saturated heterocycles. The van der Waals surface area contributed by atoms with Gasteiger partial charge in [0.1, 0.15) is 0 Å². The monoisotopic (exact) mass is 337 g/mol. The largest absolute Gasteiger partial charge is 0.279 e. The van der Waals surface area contributed by atoms with E-state index in [2.05, 4.69) is 10.8 Å². The van der Waals surface area contributed by atoms with Gasteiger partial charge in [0.2, 0.25) is 0 Å². The van der Waals surface area contributed by atoms with Gasteiger partial charge in [-0.2, -0.15) is 0 Å². The van der Waals surface area contributed by atoms with Gasteiger partial charge in [-0.15, -0.1) is 0 Å². The molecule has 0 bridgehead atoms. The summed E-state index contributed by atoms with van der Waals surface area (Å²) in [5.74, 6) is 0. The van der Waals surface area contributed by atoms with Crippen LogP contribution in [0, 0.1) is 13.8 Å². The number of hydrogen-bond acceptors (Lipinski definition) is 2. The fraction of sp³-hybridized carbons (Fsp3) is 0.200. The molecule has 24 heavy (non-hydrogen) atoms. The molecule has 122 valence electrons. The number of nitrogens with one attached hydrogen (secondary N) is 1. The first-order valence-electron chi connectivity index (χ1n) is 8.09. The van der Waals surface area contributed by atoms with E-state index in [1.54, 1.807) is 12.1 Å². The van der Waals surface area contributed by atoms with Crippen molar-refractivity contribution in [3.8, 4) is 0 Å². The molecular formula is C20H19NO2S. The minimum Gasteiger partial charge on any atom is -0.279 e. The predicted molar refractivity (Wildman–Crippen MR) is 98.1 cm³/mol. The molecule has 0 aromatic heterocycles. The van der Waals surface area contributed by atoms with Crippen LogP contribution in [0.25, 0.3) is 10.8 Å². The maximum absolute atomic E-state index is 12.8. The number of aryl methyl sites for hydroxylation is 4. The molecule has 0 aliphatic heterocycles. The fourth-order valence-electron chi connectivity index (χ4n) is 3.42. The first-order chi connectivity index (χ1) is 11.5. The molecule has 1 aliphatic rings. The standard InChI is InChI=1S/C20H19NO2S/c1-13-6-10-17(12-14(13)2)24(22,23)21-19-11-9-16-8-7-15-4-3-5-18(19)20(15)16/h3-6,9-12,21H,7-8H2,1-2H3. The highest BCUT2D eigenvalue weighted by atomic mass is 32.2. The highest BCUT2D eigenvalue weighted by molar-refractivity contribution is 7.92. The zero-order chi connectivity index (χ0) is 16.9. The van der Waals surface area contributed by atoms with Crippen molar-refractivity contribution in [1.29, 1.82) is 0 Å². The second-order valence-corrected chi connectivity index (χ2v) is 8.15. The first-order valence-corrected chi connectivity index (χ1v) is 9.57. The van der Waals surface area contributed by atoms with Crippen LogP contribution in [0.4, 0.5) is 5.69 Å². The molecule has 0 heterocycles. The van der Waals surface area contributed by atoms with E-state index in [0.717, 1.165) is 29.4 Å². The lowest BCUT2D eigenvalue weighted by Gasteiger charge is -2.13. The lowest BCUT2D eigenvalue weighted by molar-refractivity contribution is 0.601. The molecular weight excluding hydrogens is 318 g/mol. The van der Waals surface area contributed by atoms with Crippen LogP contribution >= 0.6 is 0 Å². The van der Waals surface area contributed by atoms with Crippen molar-refractivity contribution in [3.63, 3.8) is 0 Å². The normalized spacial score (nSPS) is 13.4. The van der Waals surface area contributed by atoms with Crippen molar-refractivity contribution in [2.45, 2.75) is 31.6 Å². The average Bonchev–Trinajstić information content (AvgIpc) is 2.97. The van der Waals surface area contributed by atoms with Gasteiger partial charge in [0.25, 0.3) is 10.0 Å². The molecule has 1 aliphatic carbocycles. The van der Waals surface area contributed by atoms with E-state index >= 15 is 0 Å². The molecule has 4 rings (SSSR count). The summed E-state index contributed by atoms with van der Waals surface area (Å²) in [6.07, 6.45) is 2.06. The molecule has 0 fully saturated rings. The van der Waals surface area contributed by atoms with E-state index < -0.39 is 10.0 Å². The third kappa shape index (κ3) is 2.38. The summed E-state index contributed by atoms with van der Waals surface area (Å²) in [5, 5.41) is 2.19. The SMILES string of the molecule is Cc1ccc(S(=O)(=O)Nc2ccc3c4c(cccc24)CC3)cc1C. The fourth-order valence-corrected chi connectivity index (χ4v) is 4.59. The van der Waals surface area contributed by atoms with Crippen molar-refractivity contribution in [1.82, 2.24) is 0 Å². The van der Waals surface area contributed by atoms with Crippen LogP contribution in [-0.4, -0.2) is 8.42 Å². The molecule has 3 nitrogen and oxygen atoms in total. The van der Waals surface area contributed by atoms with Crippen molar-refractivity contribution in [2.75, 3.05) is 4.72 Å². The molecule has 0 saturated carbocycles. The number of anilines is 1. The van der Waals surface area contributed by atoms with Crippen LogP contribution < -0.4 is 4.72 Å². The Bertz CT molecular complexity index is 1060. The van der Waals surface area contributed by atoms with Crippen molar-refractivity contribution >= 4 is 26.5 Å². The van der Waals surface area contributed by atoms with E-state index in [1.165, 1.54) is 16.5 Å². The molecule has 0 atom stereocenters. The van der Waals surface area contributed by atoms with Gasteiger partial charge >= 0.3 is 0 Å². The Morgan fingerprint density at radius 2 is 1.62 bits per heavy atom. The summed E-state index contributed by atoms with van der Waals surface area (Å²) >= 11 is 0. The van der Waals surface area contributed by atoms with Crippen molar-refractivity contribution in [2.24, 2.45) is 0 Å². The van der Waals surface area contributed by atoms with Gasteiger partial charge in [0.15, 0.2) is 0 Å². The van der Waals surface area contributed by atoms with E-state index in [1.807, 2.05) is 44.2 Å². The van der Waals surface area contributed by atoms with Gasteiger partial charge in [-0.25, -0.2) is 8.42 Å². The predicted octanol–water partition coefficient (Wildman–Crippen LogP) is 4.36. The Morgan fingerprint density at radius 3 is 2.38 bits per heavy atom. The lowest BCUT2D eigenvalue weighted by Crippen LogP contribution is -2.13. The summed E-state index contributed by atoms with van der Waals surface area (Å²) in [6, 6.07) is 15.3. The second-order valence-electron chi connectivity index (χ2n) is 6.46. The Hall–Kier alpha value is -2.33. The Kier molecular flexibility index (Phi) is 3.39. The van der Waals surface area contributed by atoms with Crippen molar-refractivity contribution in [3.05, 3.63) is 70.8 Å². The van der Waals surface area contributed by atoms with Gasteiger partial charge in [0.05, 0.1) is 10.6 Å². The van der Waals surface area contributed by atoms with Crippen LogP contribution in [-0.2, 0) is 22.9 Å². The summed E-state index contributed by atoms with van der Waals surface area (Å²) in [5.41, 5.74) is 5.30. The van der Waals surface area contributed by atoms with Gasteiger partial charge in [-0.05, 0) is 72.5 Å². The molecule has 3 aromatic carbocycles. The Morgan fingerprint density at radius 1 is 0.875 bits per heavy atom. The zero-order valence-corrected chi connectivity index (χ0v) is 14.6. The van der Waals surface area contributed by atoms with Crippen LogP contribution in [0.2, 0.25) is 0 Å². The zero-order valence-electron chi connectivity index (χ0n) is 13.8. The first kappa shape index (κ1) is 15.2. The number of rotatable bonds is 3. The van der Waals surface area contributed by atoms with Crippen LogP contribution in [0.5, 0.6) is 0 Å². The second kappa shape index (κ2) is 5.35. The number of hydrogen-bond donors (Lipinski definition) is 1. The van der Waals surface area contributed by atoms with Gasteiger partial charge < -0.3 is 0 Å². The number of sulfonamides is 1. The highest BCUT2D eigenvalue weighted by Crippen LogP contribution is 2.35. The van der Waals surface area contributed by atoms with Gasteiger partial charge in [-0.3, -0.25) is 4.72 Å². The van der Waals surface area contributed by atoms with E-state index in [0.29, 0.717) is 10.6 Å². The average molecular weight is 337 g/mol. The molecule has 4 heteroatoms. The molecule has 3 aromatic rings. The van der Waals surface area contributed by atoms with Crippen molar-refractivity contribution < 1.29 is 8.42 Å². The Balaban J connectivity index is 1.81. The summed E-state index contributed by atoms with van der Waals surface area (Å²) in [4.78, 5) is 0.300. The third-order valence-electron chi connectivity index (χ3n) is 4.91. The third-order valence-corrected chi connectivity index (χ3v) is 6.27. The molecule has 0 amide bonds. The smallest absolute Gasteiger partial charge is 0.261 e. The maximum atomic E-state index is 12.8. The van der Waals surface area contributed by atoms with Gasteiger partial charge in [-0.1, -0.05) is 30.3 Å².